The third-order valence-electron chi connectivity index (χ3n) is 6.41. The normalized spacial score (nSPS) is 21.3. The van der Waals surface area contributed by atoms with Crippen LogP contribution in [0.1, 0.15) is 35.4 Å². The van der Waals surface area contributed by atoms with Crippen LogP contribution in [0.15, 0.2) is 42.6 Å². The highest BCUT2D eigenvalue weighted by molar-refractivity contribution is 5.98. The number of rotatable bonds is 5. The molecule has 7 heteroatoms. The fraction of sp³-hybridized carbons (Fsp3) is 0.455. The lowest BCUT2D eigenvalue weighted by molar-refractivity contribution is -0.222. The molecular weight excluding hydrogens is 366 g/mol. The Labute approximate surface area is 170 Å². The van der Waals surface area contributed by atoms with Gasteiger partial charge in [0.05, 0.1) is 11.7 Å². The second-order valence-corrected chi connectivity index (χ2v) is 8.34. The van der Waals surface area contributed by atoms with E-state index in [0.29, 0.717) is 12.2 Å². The minimum atomic E-state index is -0.0392. The number of ether oxygens (including phenoxy) is 1. The number of aromatic nitrogens is 3. The number of para-hydroxylation sites is 1. The molecule has 3 aromatic rings. The number of hydrogen-bond donors (Lipinski definition) is 2. The number of benzene rings is 1. The van der Waals surface area contributed by atoms with Gasteiger partial charge in [-0.05, 0) is 31.0 Å². The molecule has 2 fully saturated rings. The predicted octanol–water partition coefficient (Wildman–Crippen LogP) is 2.45. The van der Waals surface area contributed by atoms with Crippen molar-refractivity contribution in [3.05, 3.63) is 54.0 Å². The fourth-order valence-electron chi connectivity index (χ4n) is 4.73. The van der Waals surface area contributed by atoms with Gasteiger partial charge in [0.25, 0.3) is 5.91 Å². The van der Waals surface area contributed by atoms with Crippen LogP contribution in [-0.4, -0.2) is 56.9 Å². The molecular formula is C22H27N5O2. The Morgan fingerprint density at radius 1 is 1.31 bits per heavy atom. The number of nitrogens with zero attached hydrogens (tertiary/aromatic N) is 3. The molecule has 0 saturated carbocycles. The zero-order chi connectivity index (χ0) is 19.8. The molecule has 2 aromatic heterocycles. The molecule has 1 spiro atoms. The lowest BCUT2D eigenvalue weighted by atomic mass is 9.80. The van der Waals surface area contributed by atoms with Gasteiger partial charge in [-0.15, -0.1) is 0 Å². The van der Waals surface area contributed by atoms with Crippen LogP contribution in [0.25, 0.3) is 10.9 Å². The number of H-pyrrole nitrogens is 1. The molecule has 7 nitrogen and oxygen atoms in total. The van der Waals surface area contributed by atoms with Crippen molar-refractivity contribution in [2.24, 2.45) is 7.05 Å². The number of nitrogens with one attached hydrogen (secondary N) is 2. The molecule has 0 unspecified atom stereocenters. The second kappa shape index (κ2) is 7.31. The van der Waals surface area contributed by atoms with Gasteiger partial charge in [-0.1, -0.05) is 18.2 Å². The first-order chi connectivity index (χ1) is 14.1. The van der Waals surface area contributed by atoms with Crippen LogP contribution in [0.4, 0.5) is 0 Å². The third-order valence-corrected chi connectivity index (χ3v) is 6.41. The van der Waals surface area contributed by atoms with Crippen molar-refractivity contribution in [1.29, 1.82) is 0 Å². The van der Waals surface area contributed by atoms with Gasteiger partial charge >= 0.3 is 0 Å². The van der Waals surface area contributed by atoms with E-state index < -0.39 is 0 Å². The summed E-state index contributed by atoms with van der Waals surface area (Å²) in [5.74, 6) is -0.0392. The molecule has 2 aliphatic heterocycles. The number of carbonyl (C=O) groups is 1. The quantitative estimate of drug-likeness (QED) is 0.698. The monoisotopic (exact) mass is 393 g/mol. The van der Waals surface area contributed by atoms with E-state index in [1.807, 2.05) is 48.0 Å². The van der Waals surface area contributed by atoms with Gasteiger partial charge in [0.15, 0.2) is 0 Å². The van der Waals surface area contributed by atoms with Gasteiger partial charge in [0.2, 0.25) is 0 Å². The highest BCUT2D eigenvalue weighted by Crippen LogP contribution is 2.41. The van der Waals surface area contributed by atoms with E-state index in [0.717, 1.165) is 55.5 Å². The van der Waals surface area contributed by atoms with Gasteiger partial charge in [-0.2, -0.15) is 5.10 Å². The van der Waals surface area contributed by atoms with Crippen molar-refractivity contribution in [2.45, 2.75) is 37.5 Å². The Morgan fingerprint density at radius 2 is 2.10 bits per heavy atom. The molecule has 1 aromatic carbocycles. The molecule has 5 rings (SSSR count). The fourth-order valence-corrected chi connectivity index (χ4v) is 4.73. The topological polar surface area (TPSA) is 75.2 Å². The molecule has 0 radical (unpaired) electrons. The SMILES string of the molecule is Cn1c(C(=O)NC[C@@H]2CC3(CCN(Cc4ccn[nH]4)CC3)O2)cc2ccccc21. The Balaban J connectivity index is 1.10. The van der Waals surface area contributed by atoms with Crippen LogP contribution in [0.3, 0.4) is 0 Å². The number of aryl methyl sites for hydroxylation is 1. The minimum absolute atomic E-state index is 0.0134. The molecule has 2 saturated heterocycles. The van der Waals surface area contributed by atoms with Crippen molar-refractivity contribution >= 4 is 16.8 Å². The number of piperidine rings is 1. The van der Waals surface area contributed by atoms with Crippen molar-refractivity contribution < 1.29 is 9.53 Å². The van der Waals surface area contributed by atoms with Gasteiger partial charge in [0.1, 0.15) is 5.69 Å². The van der Waals surface area contributed by atoms with E-state index in [4.69, 9.17) is 4.74 Å². The lowest BCUT2D eigenvalue weighted by Gasteiger charge is -2.52. The van der Waals surface area contributed by atoms with Crippen LogP contribution in [0.5, 0.6) is 0 Å². The number of fused-ring (bicyclic) bond motifs is 1. The van der Waals surface area contributed by atoms with E-state index in [9.17, 15) is 4.79 Å². The van der Waals surface area contributed by atoms with Crippen LogP contribution in [0, 0.1) is 0 Å². The highest BCUT2D eigenvalue weighted by atomic mass is 16.5. The van der Waals surface area contributed by atoms with Gasteiger partial charge in [-0.3, -0.25) is 14.8 Å². The summed E-state index contributed by atoms with van der Waals surface area (Å²) in [5.41, 5.74) is 2.93. The predicted molar refractivity (Wildman–Crippen MR) is 111 cm³/mol. The summed E-state index contributed by atoms with van der Waals surface area (Å²) < 4.78 is 8.21. The summed E-state index contributed by atoms with van der Waals surface area (Å²) in [6.07, 6.45) is 5.05. The first kappa shape index (κ1) is 18.4. The first-order valence-corrected chi connectivity index (χ1v) is 10.3. The molecule has 1 amide bonds. The Hall–Kier alpha value is -2.64. The van der Waals surface area contributed by atoms with Crippen molar-refractivity contribution in [3.8, 4) is 0 Å². The average molecular weight is 393 g/mol. The van der Waals surface area contributed by atoms with E-state index in [-0.39, 0.29) is 17.6 Å². The third kappa shape index (κ3) is 3.56. The number of aromatic amines is 1. The number of hydrogen-bond acceptors (Lipinski definition) is 4. The first-order valence-electron chi connectivity index (χ1n) is 10.3. The summed E-state index contributed by atoms with van der Waals surface area (Å²) >= 11 is 0. The zero-order valence-corrected chi connectivity index (χ0v) is 16.7. The molecule has 1 atom stereocenters. The summed E-state index contributed by atoms with van der Waals surface area (Å²) in [4.78, 5) is 15.1. The lowest BCUT2D eigenvalue weighted by Crippen LogP contribution is -2.59. The van der Waals surface area contributed by atoms with E-state index >= 15 is 0 Å². The molecule has 4 heterocycles. The van der Waals surface area contributed by atoms with Crippen LogP contribution in [-0.2, 0) is 18.3 Å². The summed E-state index contributed by atoms with van der Waals surface area (Å²) in [6.45, 7) is 3.56. The van der Waals surface area contributed by atoms with E-state index in [2.05, 4.69) is 20.4 Å². The number of carbonyl (C=O) groups excluding carboxylic acids is 1. The molecule has 29 heavy (non-hydrogen) atoms. The number of likely N-dealkylation sites (tertiary alicyclic amines) is 1. The molecule has 152 valence electrons. The maximum atomic E-state index is 12.6. The standard InChI is InChI=1S/C22H27N5O2/c1-26-19-5-3-2-4-16(19)12-20(26)21(28)23-14-18-13-22(29-18)7-10-27(11-8-22)15-17-6-9-24-25-17/h2-6,9,12,18H,7-8,10-11,13-15H2,1H3,(H,23,28)(H,24,25)/t18-/m0/s1. The highest BCUT2D eigenvalue weighted by Gasteiger charge is 2.47. The molecule has 0 aliphatic carbocycles. The zero-order valence-electron chi connectivity index (χ0n) is 16.7. The Kier molecular flexibility index (Phi) is 4.64. The Bertz CT molecular complexity index is 994. The molecule has 0 bridgehead atoms. The molecule has 2 aliphatic rings. The summed E-state index contributed by atoms with van der Waals surface area (Å²) in [6, 6.07) is 12.0. The Morgan fingerprint density at radius 3 is 2.83 bits per heavy atom. The van der Waals surface area contributed by atoms with Crippen LogP contribution >= 0.6 is 0 Å². The van der Waals surface area contributed by atoms with Gasteiger partial charge in [-0.25, -0.2) is 0 Å². The minimum Gasteiger partial charge on any atom is -0.370 e. The van der Waals surface area contributed by atoms with Crippen molar-refractivity contribution in [2.75, 3.05) is 19.6 Å². The summed E-state index contributed by atoms with van der Waals surface area (Å²) in [5, 5.41) is 11.2. The number of amides is 1. The average Bonchev–Trinajstić information content (AvgIpc) is 3.34. The summed E-state index contributed by atoms with van der Waals surface area (Å²) in [7, 11) is 1.93. The van der Waals surface area contributed by atoms with Crippen molar-refractivity contribution in [1.82, 2.24) is 25.0 Å². The van der Waals surface area contributed by atoms with Crippen LogP contribution < -0.4 is 5.32 Å². The molecule has 2 N–H and O–H groups in total. The maximum absolute atomic E-state index is 12.6. The van der Waals surface area contributed by atoms with Gasteiger partial charge in [0, 0.05) is 62.4 Å². The van der Waals surface area contributed by atoms with E-state index in [1.165, 1.54) is 0 Å². The van der Waals surface area contributed by atoms with Crippen LogP contribution in [0.2, 0.25) is 0 Å². The van der Waals surface area contributed by atoms with Crippen molar-refractivity contribution in [3.63, 3.8) is 0 Å². The van der Waals surface area contributed by atoms with Gasteiger partial charge < -0.3 is 14.6 Å². The smallest absolute Gasteiger partial charge is 0.268 e. The largest absolute Gasteiger partial charge is 0.370 e. The maximum Gasteiger partial charge on any atom is 0.268 e. The van der Waals surface area contributed by atoms with E-state index in [1.54, 1.807) is 6.20 Å². The second-order valence-electron chi connectivity index (χ2n) is 8.34.